The smallest absolute Gasteiger partial charge is 0.315 e. The number of rotatable bonds is 8. The molecule has 1 heterocycles. The zero-order chi connectivity index (χ0) is 22.8. The molecule has 0 unspecified atom stereocenters. The number of benzene rings is 1. The van der Waals surface area contributed by atoms with Gasteiger partial charge in [0.1, 0.15) is 0 Å². The first-order valence-electron chi connectivity index (χ1n) is 11.9. The number of carbonyl (C=O) groups is 3. The molecule has 1 aliphatic heterocycles. The van der Waals surface area contributed by atoms with E-state index in [-0.39, 0.29) is 23.9 Å². The molecule has 2 aliphatic rings. The molecule has 32 heavy (non-hydrogen) atoms. The summed E-state index contributed by atoms with van der Waals surface area (Å²) in [5, 5.41) is 8.75. The largest absolute Gasteiger partial charge is 0.352 e. The Morgan fingerprint density at radius 2 is 1.62 bits per heavy atom. The molecule has 3 N–H and O–H groups in total. The van der Waals surface area contributed by atoms with E-state index in [0.29, 0.717) is 31.5 Å². The van der Waals surface area contributed by atoms with Gasteiger partial charge in [-0.25, -0.2) is 4.79 Å². The lowest BCUT2D eigenvalue weighted by molar-refractivity contribution is -0.121. The first-order chi connectivity index (χ1) is 15.5. The van der Waals surface area contributed by atoms with E-state index in [9.17, 15) is 14.4 Å². The molecule has 2 fully saturated rings. The van der Waals surface area contributed by atoms with Gasteiger partial charge in [-0.1, -0.05) is 31.4 Å². The number of piperazine rings is 1. The summed E-state index contributed by atoms with van der Waals surface area (Å²) in [6.45, 7) is 4.22. The van der Waals surface area contributed by atoms with Crippen molar-refractivity contribution in [3.63, 3.8) is 0 Å². The average Bonchev–Trinajstić information content (AvgIpc) is 2.81. The molecule has 8 nitrogen and oxygen atoms in total. The fraction of sp³-hybridized carbons (Fsp3) is 0.625. The maximum atomic E-state index is 12.6. The maximum Gasteiger partial charge on any atom is 0.315 e. The number of amides is 4. The van der Waals surface area contributed by atoms with Crippen molar-refractivity contribution >= 4 is 17.8 Å². The van der Waals surface area contributed by atoms with Gasteiger partial charge in [0, 0.05) is 57.3 Å². The summed E-state index contributed by atoms with van der Waals surface area (Å²) in [6.07, 6.45) is 6.70. The molecule has 0 atom stereocenters. The number of nitrogens with zero attached hydrogens (tertiary/aromatic N) is 2. The Hall–Kier alpha value is -2.61. The predicted molar refractivity (Wildman–Crippen MR) is 124 cm³/mol. The first kappa shape index (κ1) is 24.0. The average molecular weight is 444 g/mol. The lowest BCUT2D eigenvalue weighted by Gasteiger charge is -2.32. The van der Waals surface area contributed by atoms with Gasteiger partial charge < -0.3 is 25.8 Å². The Morgan fingerprint density at radius 3 is 2.31 bits per heavy atom. The van der Waals surface area contributed by atoms with Crippen LogP contribution in [-0.2, 0) is 11.3 Å². The number of likely N-dealkylation sites (N-methyl/N-ethyl adjacent to an activating group) is 1. The standard InChI is InChI=1S/C24H37N5O3/c1-28-14-16-29(17-15-28)23(31)20-11-9-19(10-12-20)18-26-22(30)8-5-13-25-24(32)27-21-6-3-2-4-7-21/h9-12,21H,2-8,13-18H2,1H3,(H,26,30)(H2,25,27,32). The van der Waals surface area contributed by atoms with Crippen molar-refractivity contribution in [3.05, 3.63) is 35.4 Å². The van der Waals surface area contributed by atoms with Crippen LogP contribution in [0.4, 0.5) is 4.79 Å². The molecule has 0 spiro atoms. The van der Waals surface area contributed by atoms with Crippen LogP contribution in [0, 0.1) is 0 Å². The molecule has 8 heteroatoms. The van der Waals surface area contributed by atoms with E-state index in [1.807, 2.05) is 29.2 Å². The van der Waals surface area contributed by atoms with Gasteiger partial charge in [-0.05, 0) is 44.0 Å². The fourth-order valence-electron chi connectivity index (χ4n) is 4.18. The highest BCUT2D eigenvalue weighted by atomic mass is 16.2. The lowest BCUT2D eigenvalue weighted by Crippen LogP contribution is -2.47. The van der Waals surface area contributed by atoms with E-state index in [0.717, 1.165) is 44.6 Å². The Morgan fingerprint density at radius 1 is 0.938 bits per heavy atom. The van der Waals surface area contributed by atoms with E-state index in [1.54, 1.807) is 0 Å². The minimum Gasteiger partial charge on any atom is -0.352 e. The van der Waals surface area contributed by atoms with Gasteiger partial charge in [0.05, 0.1) is 0 Å². The molecule has 1 saturated carbocycles. The third-order valence-corrected chi connectivity index (χ3v) is 6.29. The minimum atomic E-state index is -0.136. The molecule has 0 radical (unpaired) electrons. The van der Waals surface area contributed by atoms with E-state index >= 15 is 0 Å². The maximum absolute atomic E-state index is 12.6. The van der Waals surface area contributed by atoms with E-state index in [2.05, 4.69) is 27.9 Å². The highest BCUT2D eigenvalue weighted by Gasteiger charge is 2.20. The highest BCUT2D eigenvalue weighted by Crippen LogP contribution is 2.17. The molecule has 1 aliphatic carbocycles. The molecular weight excluding hydrogens is 406 g/mol. The molecule has 1 saturated heterocycles. The summed E-state index contributed by atoms with van der Waals surface area (Å²) in [5.74, 6) is 0.0192. The van der Waals surface area contributed by atoms with Crippen molar-refractivity contribution in [3.8, 4) is 0 Å². The second kappa shape index (κ2) is 12.4. The van der Waals surface area contributed by atoms with Crippen LogP contribution in [-0.4, -0.2) is 73.5 Å². The van der Waals surface area contributed by atoms with Crippen LogP contribution in [0.2, 0.25) is 0 Å². The molecule has 0 aromatic heterocycles. The number of carbonyl (C=O) groups excluding carboxylic acids is 3. The van der Waals surface area contributed by atoms with Gasteiger partial charge >= 0.3 is 6.03 Å². The first-order valence-corrected chi connectivity index (χ1v) is 11.9. The Bertz CT molecular complexity index is 753. The van der Waals surface area contributed by atoms with Crippen LogP contribution in [0.3, 0.4) is 0 Å². The number of nitrogens with one attached hydrogen (secondary N) is 3. The topological polar surface area (TPSA) is 93.8 Å². The molecule has 176 valence electrons. The summed E-state index contributed by atoms with van der Waals surface area (Å²) >= 11 is 0. The van der Waals surface area contributed by atoms with Crippen molar-refractivity contribution in [2.45, 2.75) is 57.5 Å². The summed E-state index contributed by atoms with van der Waals surface area (Å²) in [7, 11) is 2.07. The molecule has 0 bridgehead atoms. The van der Waals surface area contributed by atoms with E-state index in [4.69, 9.17) is 0 Å². The van der Waals surface area contributed by atoms with Crippen molar-refractivity contribution in [2.24, 2.45) is 0 Å². The van der Waals surface area contributed by atoms with Crippen molar-refractivity contribution in [2.75, 3.05) is 39.8 Å². The van der Waals surface area contributed by atoms with Crippen LogP contribution < -0.4 is 16.0 Å². The Labute approximate surface area is 191 Å². The molecule has 3 rings (SSSR count). The Kier molecular flexibility index (Phi) is 9.34. The third-order valence-electron chi connectivity index (χ3n) is 6.29. The van der Waals surface area contributed by atoms with Crippen LogP contribution >= 0.6 is 0 Å². The van der Waals surface area contributed by atoms with Gasteiger partial charge in [-0.2, -0.15) is 0 Å². The van der Waals surface area contributed by atoms with Crippen molar-refractivity contribution < 1.29 is 14.4 Å². The minimum absolute atomic E-state index is 0.0444. The van der Waals surface area contributed by atoms with Crippen molar-refractivity contribution in [1.82, 2.24) is 25.8 Å². The second-order valence-corrected chi connectivity index (χ2v) is 8.91. The summed E-state index contributed by atoms with van der Waals surface area (Å²) < 4.78 is 0. The normalized spacial score (nSPS) is 17.6. The van der Waals surface area contributed by atoms with Crippen LogP contribution in [0.25, 0.3) is 0 Å². The van der Waals surface area contributed by atoms with Gasteiger partial charge in [-0.15, -0.1) is 0 Å². The highest BCUT2D eigenvalue weighted by molar-refractivity contribution is 5.94. The molecule has 1 aromatic rings. The second-order valence-electron chi connectivity index (χ2n) is 8.91. The summed E-state index contributed by atoms with van der Waals surface area (Å²) in [4.78, 5) is 40.7. The van der Waals surface area contributed by atoms with Crippen LogP contribution in [0.15, 0.2) is 24.3 Å². The Balaban J connectivity index is 1.29. The van der Waals surface area contributed by atoms with Gasteiger partial charge in [0.25, 0.3) is 5.91 Å². The van der Waals surface area contributed by atoms with Crippen molar-refractivity contribution in [1.29, 1.82) is 0 Å². The summed E-state index contributed by atoms with van der Waals surface area (Å²) in [5.41, 5.74) is 1.64. The van der Waals surface area contributed by atoms with Gasteiger partial charge in [0.2, 0.25) is 5.91 Å². The van der Waals surface area contributed by atoms with E-state index in [1.165, 1.54) is 19.3 Å². The lowest BCUT2D eigenvalue weighted by atomic mass is 9.96. The van der Waals surface area contributed by atoms with Crippen LogP contribution in [0.5, 0.6) is 0 Å². The summed E-state index contributed by atoms with van der Waals surface area (Å²) in [6, 6.07) is 7.59. The third kappa shape index (κ3) is 7.82. The SMILES string of the molecule is CN1CCN(C(=O)c2ccc(CNC(=O)CCCNC(=O)NC3CCCCC3)cc2)CC1. The number of hydrogen-bond acceptors (Lipinski definition) is 4. The van der Waals surface area contributed by atoms with Gasteiger partial charge in [0.15, 0.2) is 0 Å². The molecular formula is C24H37N5O3. The van der Waals surface area contributed by atoms with E-state index < -0.39 is 0 Å². The monoisotopic (exact) mass is 443 g/mol. The number of hydrogen-bond donors (Lipinski definition) is 3. The van der Waals surface area contributed by atoms with Gasteiger partial charge in [-0.3, -0.25) is 9.59 Å². The predicted octanol–water partition coefficient (Wildman–Crippen LogP) is 2.10. The zero-order valence-corrected chi connectivity index (χ0v) is 19.2. The fourth-order valence-corrected chi connectivity index (χ4v) is 4.18. The molecule has 4 amide bonds. The number of urea groups is 1. The quantitative estimate of drug-likeness (QED) is 0.537. The molecule has 1 aromatic carbocycles. The zero-order valence-electron chi connectivity index (χ0n) is 19.2. The van der Waals surface area contributed by atoms with Crippen LogP contribution in [0.1, 0.15) is 60.9 Å².